The molecule has 0 unspecified atom stereocenters. The lowest BCUT2D eigenvalue weighted by molar-refractivity contribution is 0.102. The highest BCUT2D eigenvalue weighted by atomic mass is 35.7. The largest absolute Gasteiger partial charge is 0.293 e. The summed E-state index contributed by atoms with van der Waals surface area (Å²) in [6, 6.07) is 4.57. The van der Waals surface area contributed by atoms with E-state index in [1.54, 1.807) is 0 Å². The maximum Gasteiger partial charge on any atom is 0.240 e. The molecule has 0 saturated heterocycles. The molecule has 0 heterocycles. The van der Waals surface area contributed by atoms with E-state index in [4.69, 9.17) is 10.7 Å². The molecule has 0 aliphatic heterocycles. The molecule has 0 radical (unpaired) electrons. The second kappa shape index (κ2) is 4.06. The number of Topliss-reactive ketones (excluding diaryl/α,β-unsaturated/α-hetero) is 1. The first-order chi connectivity index (χ1) is 6.38. The number of rotatable bonds is 3. The Balaban J connectivity index is 2.86. The third kappa shape index (κ3) is 3.43. The van der Waals surface area contributed by atoms with Gasteiger partial charge >= 0.3 is 0 Å². The van der Waals surface area contributed by atoms with Gasteiger partial charge < -0.3 is 0 Å². The van der Waals surface area contributed by atoms with Gasteiger partial charge in [-0.15, -0.1) is 0 Å². The number of carbonyl (C=O) groups is 1. The Morgan fingerprint density at radius 2 is 1.79 bits per heavy atom. The van der Waals surface area contributed by atoms with Gasteiger partial charge in [-0.1, -0.05) is 0 Å². The standard InChI is InChI=1S/C8H6ClFO3S/c9-14(12,13)5-8(11)6-1-3-7(10)4-2-6/h1-4H,5H2. The summed E-state index contributed by atoms with van der Waals surface area (Å²) >= 11 is 0. The topological polar surface area (TPSA) is 51.2 Å². The fraction of sp³-hybridized carbons (Fsp3) is 0.125. The summed E-state index contributed by atoms with van der Waals surface area (Å²) in [6.07, 6.45) is 0. The number of halogens is 2. The minimum atomic E-state index is -3.85. The van der Waals surface area contributed by atoms with Crippen LogP contribution in [0.1, 0.15) is 10.4 Å². The van der Waals surface area contributed by atoms with Gasteiger partial charge in [0.15, 0.2) is 5.78 Å². The van der Waals surface area contributed by atoms with Gasteiger partial charge in [0, 0.05) is 16.2 Å². The summed E-state index contributed by atoms with van der Waals surface area (Å²) in [5.41, 5.74) is 0.121. The maximum atomic E-state index is 12.4. The van der Waals surface area contributed by atoms with Crippen LogP contribution in [0.2, 0.25) is 0 Å². The maximum absolute atomic E-state index is 12.4. The number of hydrogen-bond donors (Lipinski definition) is 0. The van der Waals surface area contributed by atoms with Crippen LogP contribution in [0.25, 0.3) is 0 Å². The molecule has 14 heavy (non-hydrogen) atoms. The lowest BCUT2D eigenvalue weighted by Gasteiger charge is -1.97. The molecule has 3 nitrogen and oxygen atoms in total. The third-order valence-corrected chi connectivity index (χ3v) is 2.40. The monoisotopic (exact) mass is 236 g/mol. The van der Waals surface area contributed by atoms with Crippen LogP contribution >= 0.6 is 10.7 Å². The van der Waals surface area contributed by atoms with Gasteiger partial charge in [0.25, 0.3) is 0 Å². The minimum Gasteiger partial charge on any atom is -0.293 e. The third-order valence-electron chi connectivity index (χ3n) is 1.47. The molecule has 0 saturated carbocycles. The van der Waals surface area contributed by atoms with Gasteiger partial charge in [-0.2, -0.15) is 0 Å². The fourth-order valence-corrected chi connectivity index (χ4v) is 1.65. The Kier molecular flexibility index (Phi) is 3.23. The Morgan fingerprint density at radius 3 is 2.21 bits per heavy atom. The molecule has 1 rings (SSSR count). The molecule has 0 aromatic heterocycles. The van der Waals surface area contributed by atoms with Crippen molar-refractivity contribution in [3.8, 4) is 0 Å². The first kappa shape index (κ1) is 11.1. The molecular formula is C8H6ClFO3S. The molecular weight excluding hydrogens is 231 g/mol. The van der Waals surface area contributed by atoms with Crippen molar-refractivity contribution in [1.29, 1.82) is 0 Å². The summed E-state index contributed by atoms with van der Waals surface area (Å²) < 4.78 is 33.5. The summed E-state index contributed by atoms with van der Waals surface area (Å²) in [4.78, 5) is 11.2. The lowest BCUT2D eigenvalue weighted by atomic mass is 10.1. The second-order valence-electron chi connectivity index (χ2n) is 2.61. The molecule has 0 N–H and O–H groups in total. The van der Waals surface area contributed by atoms with Gasteiger partial charge in [0.1, 0.15) is 11.6 Å². The van der Waals surface area contributed by atoms with E-state index in [0.717, 1.165) is 12.1 Å². The predicted octanol–water partition coefficient (Wildman–Crippen LogP) is 1.58. The molecule has 6 heteroatoms. The Labute approximate surface area is 84.9 Å². The van der Waals surface area contributed by atoms with E-state index in [1.807, 2.05) is 0 Å². The molecule has 0 amide bonds. The molecule has 0 bridgehead atoms. The number of ketones is 1. The van der Waals surface area contributed by atoms with Crippen LogP contribution in [0.3, 0.4) is 0 Å². The molecule has 1 aromatic rings. The van der Waals surface area contributed by atoms with E-state index in [0.29, 0.717) is 0 Å². The van der Waals surface area contributed by atoms with E-state index in [9.17, 15) is 17.6 Å². The van der Waals surface area contributed by atoms with Crippen molar-refractivity contribution >= 4 is 25.5 Å². The van der Waals surface area contributed by atoms with Crippen molar-refractivity contribution in [1.82, 2.24) is 0 Å². The van der Waals surface area contributed by atoms with Gasteiger partial charge in [-0.25, -0.2) is 12.8 Å². The Hall–Kier alpha value is -0.940. The Bertz CT molecular complexity index is 438. The molecule has 0 fully saturated rings. The Morgan fingerprint density at radius 1 is 1.29 bits per heavy atom. The number of carbonyl (C=O) groups excluding carboxylic acids is 1. The van der Waals surface area contributed by atoms with Crippen molar-refractivity contribution in [2.24, 2.45) is 0 Å². The van der Waals surface area contributed by atoms with Gasteiger partial charge in [0.05, 0.1) is 0 Å². The van der Waals surface area contributed by atoms with Crippen LogP contribution in [0.15, 0.2) is 24.3 Å². The van der Waals surface area contributed by atoms with Crippen molar-refractivity contribution in [3.05, 3.63) is 35.6 Å². The SMILES string of the molecule is O=C(CS(=O)(=O)Cl)c1ccc(F)cc1. The van der Waals surface area contributed by atoms with Gasteiger partial charge in [0.2, 0.25) is 9.05 Å². The molecule has 0 spiro atoms. The zero-order chi connectivity index (χ0) is 10.8. The first-order valence-corrected chi connectivity index (χ1v) is 6.07. The van der Waals surface area contributed by atoms with E-state index in [2.05, 4.69) is 0 Å². The predicted molar refractivity (Wildman–Crippen MR) is 50.4 cm³/mol. The normalized spacial score (nSPS) is 11.3. The number of hydrogen-bond acceptors (Lipinski definition) is 3. The smallest absolute Gasteiger partial charge is 0.240 e. The molecule has 0 aliphatic rings. The molecule has 0 atom stereocenters. The van der Waals surface area contributed by atoms with Crippen LogP contribution < -0.4 is 0 Å². The van der Waals surface area contributed by atoms with E-state index < -0.39 is 26.4 Å². The average molecular weight is 237 g/mol. The average Bonchev–Trinajstić information content (AvgIpc) is 2.02. The van der Waals surface area contributed by atoms with Gasteiger partial charge in [-0.3, -0.25) is 4.79 Å². The van der Waals surface area contributed by atoms with Crippen LogP contribution in [0.4, 0.5) is 4.39 Å². The highest BCUT2D eigenvalue weighted by molar-refractivity contribution is 8.14. The summed E-state index contributed by atoms with van der Waals surface area (Å²) in [5, 5.41) is 0. The van der Waals surface area contributed by atoms with E-state index >= 15 is 0 Å². The summed E-state index contributed by atoms with van der Waals surface area (Å²) in [7, 11) is 1.03. The highest BCUT2D eigenvalue weighted by Gasteiger charge is 2.14. The van der Waals surface area contributed by atoms with Crippen molar-refractivity contribution < 1.29 is 17.6 Å². The molecule has 0 aliphatic carbocycles. The number of benzene rings is 1. The van der Waals surface area contributed by atoms with Crippen molar-refractivity contribution in [3.63, 3.8) is 0 Å². The van der Waals surface area contributed by atoms with Crippen LogP contribution in [-0.4, -0.2) is 20.0 Å². The summed E-state index contributed by atoms with van der Waals surface area (Å²) in [5.74, 6) is -1.92. The van der Waals surface area contributed by atoms with Crippen LogP contribution in [0, 0.1) is 5.82 Å². The lowest BCUT2D eigenvalue weighted by Crippen LogP contribution is -2.11. The zero-order valence-corrected chi connectivity index (χ0v) is 8.48. The fourth-order valence-electron chi connectivity index (χ4n) is 0.876. The molecule has 76 valence electrons. The zero-order valence-electron chi connectivity index (χ0n) is 6.91. The minimum absolute atomic E-state index is 0.121. The summed E-state index contributed by atoms with van der Waals surface area (Å²) in [6.45, 7) is 0. The first-order valence-electron chi connectivity index (χ1n) is 3.59. The second-order valence-corrected chi connectivity index (χ2v) is 5.39. The molecule has 1 aromatic carbocycles. The van der Waals surface area contributed by atoms with Crippen LogP contribution in [-0.2, 0) is 9.05 Å². The van der Waals surface area contributed by atoms with E-state index in [1.165, 1.54) is 12.1 Å². The highest BCUT2D eigenvalue weighted by Crippen LogP contribution is 2.07. The van der Waals surface area contributed by atoms with Crippen molar-refractivity contribution in [2.45, 2.75) is 0 Å². The van der Waals surface area contributed by atoms with E-state index in [-0.39, 0.29) is 5.56 Å². The van der Waals surface area contributed by atoms with Gasteiger partial charge in [-0.05, 0) is 24.3 Å². The quantitative estimate of drug-likeness (QED) is 0.591. The van der Waals surface area contributed by atoms with Crippen molar-refractivity contribution in [2.75, 3.05) is 5.75 Å². The van der Waals surface area contributed by atoms with Crippen LogP contribution in [0.5, 0.6) is 0 Å².